The quantitative estimate of drug-likeness (QED) is 0.675. The van der Waals surface area contributed by atoms with Crippen molar-refractivity contribution in [2.75, 3.05) is 25.4 Å². The van der Waals surface area contributed by atoms with Crippen molar-refractivity contribution in [2.24, 2.45) is 5.92 Å². The van der Waals surface area contributed by atoms with E-state index < -0.39 is 0 Å². The lowest BCUT2D eigenvalue weighted by molar-refractivity contribution is 0.0937. The third-order valence-corrected chi connectivity index (χ3v) is 3.65. The van der Waals surface area contributed by atoms with Crippen LogP contribution in [0.3, 0.4) is 0 Å². The van der Waals surface area contributed by atoms with Gasteiger partial charge < -0.3 is 16.0 Å². The van der Waals surface area contributed by atoms with Crippen LogP contribution >= 0.6 is 0 Å². The molecule has 2 fully saturated rings. The Labute approximate surface area is 105 Å². The molecule has 4 N–H and O–H groups in total. The molecule has 7 nitrogen and oxygen atoms in total. The molecule has 1 aliphatic carbocycles. The number of hydrogen-bond acceptors (Lipinski definition) is 5. The molecule has 2 heterocycles. The number of aromatic amines is 1. The molecule has 0 radical (unpaired) electrons. The van der Waals surface area contributed by atoms with Gasteiger partial charge in [0.25, 0.3) is 5.91 Å². The van der Waals surface area contributed by atoms with E-state index in [9.17, 15) is 4.79 Å². The zero-order chi connectivity index (χ0) is 12.5. The number of hydrogen-bond donors (Lipinski definition) is 3. The van der Waals surface area contributed by atoms with Crippen molar-refractivity contribution in [1.82, 2.24) is 25.4 Å². The molecule has 3 rings (SSSR count). The lowest BCUT2D eigenvalue weighted by atomic mass is 10.1. The van der Waals surface area contributed by atoms with Crippen LogP contribution < -0.4 is 11.1 Å². The maximum absolute atomic E-state index is 11.7. The number of nitrogens with zero attached hydrogens (tertiary/aromatic N) is 3. The average Bonchev–Trinajstić information content (AvgIpc) is 2.95. The van der Waals surface area contributed by atoms with Gasteiger partial charge in [-0.2, -0.15) is 4.98 Å². The van der Waals surface area contributed by atoms with Gasteiger partial charge in [-0.3, -0.25) is 9.89 Å². The molecule has 0 spiro atoms. The zero-order valence-electron chi connectivity index (χ0n) is 10.2. The number of amides is 1. The van der Waals surface area contributed by atoms with Gasteiger partial charge in [0.15, 0.2) is 0 Å². The van der Waals surface area contributed by atoms with Crippen molar-refractivity contribution in [1.29, 1.82) is 0 Å². The van der Waals surface area contributed by atoms with Crippen LogP contribution in [0.25, 0.3) is 0 Å². The molecule has 1 aliphatic heterocycles. The Bertz CT molecular complexity index is 440. The highest BCUT2D eigenvalue weighted by molar-refractivity contribution is 5.90. The van der Waals surface area contributed by atoms with Crippen LogP contribution in [0.2, 0.25) is 0 Å². The number of nitrogen functional groups attached to an aromatic ring is 1. The number of carbonyl (C=O) groups excluding carboxylic acids is 1. The van der Waals surface area contributed by atoms with E-state index in [0.29, 0.717) is 12.5 Å². The van der Waals surface area contributed by atoms with Crippen LogP contribution in [-0.2, 0) is 0 Å². The van der Waals surface area contributed by atoms with Gasteiger partial charge >= 0.3 is 0 Å². The first-order chi connectivity index (χ1) is 8.72. The summed E-state index contributed by atoms with van der Waals surface area (Å²) in [5, 5.41) is 9.02. The highest BCUT2D eigenvalue weighted by Crippen LogP contribution is 2.31. The van der Waals surface area contributed by atoms with Gasteiger partial charge in [0.2, 0.25) is 11.8 Å². The standard InChI is InChI=1S/C11H18N6O/c12-11-14-9(15-16-11)10(18)13-5-7-3-4-17(6-7)8-1-2-8/h7-8H,1-6H2,(H,13,18)(H3,12,14,15,16). The summed E-state index contributed by atoms with van der Waals surface area (Å²) < 4.78 is 0. The summed E-state index contributed by atoms with van der Waals surface area (Å²) in [5.41, 5.74) is 5.35. The van der Waals surface area contributed by atoms with E-state index in [-0.39, 0.29) is 17.7 Å². The predicted octanol–water partition coefficient (Wildman–Crippen LogP) is -0.399. The van der Waals surface area contributed by atoms with Gasteiger partial charge in [-0.15, -0.1) is 5.10 Å². The highest BCUT2D eigenvalue weighted by Gasteiger charge is 2.34. The van der Waals surface area contributed by atoms with Gasteiger partial charge in [0.1, 0.15) is 0 Å². The fraction of sp³-hybridized carbons (Fsp3) is 0.727. The van der Waals surface area contributed by atoms with Crippen LogP contribution in [0.5, 0.6) is 0 Å². The summed E-state index contributed by atoms with van der Waals surface area (Å²) in [7, 11) is 0. The molecular formula is C11H18N6O. The molecule has 1 unspecified atom stereocenters. The fourth-order valence-corrected chi connectivity index (χ4v) is 2.50. The Kier molecular flexibility index (Phi) is 2.91. The number of carbonyl (C=O) groups is 1. The Hall–Kier alpha value is -1.63. The second-order valence-electron chi connectivity index (χ2n) is 5.13. The molecule has 1 aromatic rings. The van der Waals surface area contributed by atoms with Crippen LogP contribution in [-0.4, -0.2) is 51.7 Å². The first-order valence-electron chi connectivity index (χ1n) is 6.42. The number of likely N-dealkylation sites (tertiary alicyclic amines) is 1. The van der Waals surface area contributed by atoms with Crippen molar-refractivity contribution in [3.8, 4) is 0 Å². The van der Waals surface area contributed by atoms with E-state index in [0.717, 1.165) is 19.0 Å². The summed E-state index contributed by atoms with van der Waals surface area (Å²) in [6.45, 7) is 2.96. The number of rotatable bonds is 4. The van der Waals surface area contributed by atoms with E-state index >= 15 is 0 Å². The van der Waals surface area contributed by atoms with Crippen molar-refractivity contribution >= 4 is 11.9 Å². The first kappa shape index (κ1) is 11.5. The molecule has 1 amide bonds. The highest BCUT2D eigenvalue weighted by atomic mass is 16.2. The fourth-order valence-electron chi connectivity index (χ4n) is 2.50. The van der Waals surface area contributed by atoms with Crippen molar-refractivity contribution < 1.29 is 4.79 Å². The third kappa shape index (κ3) is 2.45. The van der Waals surface area contributed by atoms with E-state index in [4.69, 9.17) is 5.73 Å². The molecule has 1 saturated carbocycles. The SMILES string of the molecule is Nc1n[nH]c(C(=O)NCC2CCN(C3CC3)C2)n1. The van der Waals surface area contributed by atoms with Gasteiger partial charge in [-0.25, -0.2) is 0 Å². The van der Waals surface area contributed by atoms with E-state index in [1.165, 1.54) is 19.4 Å². The summed E-state index contributed by atoms with van der Waals surface area (Å²) in [6.07, 6.45) is 3.85. The summed E-state index contributed by atoms with van der Waals surface area (Å²) >= 11 is 0. The minimum Gasteiger partial charge on any atom is -0.366 e. The molecule has 2 aliphatic rings. The maximum Gasteiger partial charge on any atom is 0.288 e. The third-order valence-electron chi connectivity index (χ3n) is 3.65. The zero-order valence-corrected chi connectivity index (χ0v) is 10.2. The Balaban J connectivity index is 1.45. The van der Waals surface area contributed by atoms with Crippen molar-refractivity contribution in [3.63, 3.8) is 0 Å². The molecule has 1 saturated heterocycles. The van der Waals surface area contributed by atoms with E-state index in [1.54, 1.807) is 0 Å². The molecule has 0 bridgehead atoms. The maximum atomic E-state index is 11.7. The molecule has 1 aromatic heterocycles. The molecule has 7 heteroatoms. The smallest absolute Gasteiger partial charge is 0.288 e. The Morgan fingerprint density at radius 3 is 3.00 bits per heavy atom. The minimum atomic E-state index is -0.232. The normalized spacial score (nSPS) is 24.3. The number of anilines is 1. The minimum absolute atomic E-state index is 0.0981. The largest absolute Gasteiger partial charge is 0.366 e. The number of H-pyrrole nitrogens is 1. The van der Waals surface area contributed by atoms with Crippen LogP contribution in [0, 0.1) is 5.92 Å². The monoisotopic (exact) mass is 250 g/mol. The molecule has 1 atom stereocenters. The second kappa shape index (κ2) is 4.56. The molecular weight excluding hydrogens is 232 g/mol. The molecule has 0 aromatic carbocycles. The lowest BCUT2D eigenvalue weighted by Crippen LogP contribution is -2.32. The van der Waals surface area contributed by atoms with Gasteiger partial charge in [0.05, 0.1) is 0 Å². The Morgan fingerprint density at radius 2 is 2.33 bits per heavy atom. The lowest BCUT2D eigenvalue weighted by Gasteiger charge is -2.14. The summed E-state index contributed by atoms with van der Waals surface area (Å²) in [6, 6.07) is 0.819. The Morgan fingerprint density at radius 1 is 1.50 bits per heavy atom. The van der Waals surface area contributed by atoms with E-state index in [2.05, 4.69) is 25.4 Å². The second-order valence-corrected chi connectivity index (χ2v) is 5.13. The summed E-state index contributed by atoms with van der Waals surface area (Å²) in [4.78, 5) is 18.1. The topological polar surface area (TPSA) is 99.9 Å². The van der Waals surface area contributed by atoms with Crippen molar-refractivity contribution in [2.45, 2.75) is 25.3 Å². The number of nitrogens with two attached hydrogens (primary N) is 1. The first-order valence-corrected chi connectivity index (χ1v) is 6.42. The van der Waals surface area contributed by atoms with Crippen LogP contribution in [0.15, 0.2) is 0 Å². The number of aromatic nitrogens is 3. The predicted molar refractivity (Wildman–Crippen MR) is 65.8 cm³/mol. The molecule has 18 heavy (non-hydrogen) atoms. The van der Waals surface area contributed by atoms with Crippen LogP contribution in [0.1, 0.15) is 29.9 Å². The summed E-state index contributed by atoms with van der Waals surface area (Å²) in [5.74, 6) is 0.601. The van der Waals surface area contributed by atoms with E-state index in [1.807, 2.05) is 0 Å². The average molecular weight is 250 g/mol. The van der Waals surface area contributed by atoms with Gasteiger partial charge in [-0.05, 0) is 31.7 Å². The number of nitrogens with one attached hydrogen (secondary N) is 2. The van der Waals surface area contributed by atoms with Crippen molar-refractivity contribution in [3.05, 3.63) is 5.82 Å². The van der Waals surface area contributed by atoms with Gasteiger partial charge in [-0.1, -0.05) is 0 Å². The molecule has 98 valence electrons. The van der Waals surface area contributed by atoms with Crippen LogP contribution in [0.4, 0.5) is 5.95 Å². The van der Waals surface area contributed by atoms with Gasteiger partial charge in [0, 0.05) is 19.1 Å².